The van der Waals surface area contributed by atoms with E-state index in [1.807, 2.05) is 18.2 Å². The fourth-order valence-electron chi connectivity index (χ4n) is 2.23. The minimum Gasteiger partial charge on any atom is -0.497 e. The van der Waals surface area contributed by atoms with Crippen molar-refractivity contribution in [2.24, 2.45) is 0 Å². The van der Waals surface area contributed by atoms with Gasteiger partial charge in [-0.3, -0.25) is 0 Å². The van der Waals surface area contributed by atoms with Gasteiger partial charge in [-0.1, -0.05) is 11.8 Å². The Hall–Kier alpha value is -2.84. The predicted molar refractivity (Wildman–Crippen MR) is 92.1 cm³/mol. The molecule has 0 amide bonds. The van der Waals surface area contributed by atoms with Crippen LogP contribution < -0.4 is 4.74 Å². The van der Waals surface area contributed by atoms with Crippen LogP contribution >= 0.6 is 11.3 Å². The van der Waals surface area contributed by atoms with Crippen LogP contribution in [0.3, 0.4) is 0 Å². The highest BCUT2D eigenvalue weighted by atomic mass is 32.1. The van der Waals surface area contributed by atoms with E-state index >= 15 is 0 Å². The minimum atomic E-state index is -0.432. The van der Waals surface area contributed by atoms with E-state index in [4.69, 9.17) is 9.47 Å². The molecule has 0 aliphatic heterocycles. The molecule has 0 fully saturated rings. The van der Waals surface area contributed by atoms with Crippen molar-refractivity contribution < 1.29 is 18.7 Å². The molecule has 0 saturated carbocycles. The van der Waals surface area contributed by atoms with Gasteiger partial charge in [0.15, 0.2) is 0 Å². The standard InChI is InChI=1S/C19H13FO3S/c1-22-14-8-10-15-16(9-5-12-3-6-13(20)7-4-12)18(19(21)23-2)24-17(15)11-14/h3-4,6-8,10-11H,1-2H3. The number of methoxy groups -OCH3 is 2. The van der Waals surface area contributed by atoms with Crippen LogP contribution in [0.5, 0.6) is 5.75 Å². The van der Waals surface area contributed by atoms with Gasteiger partial charge in [0.25, 0.3) is 0 Å². The van der Waals surface area contributed by atoms with Crippen molar-refractivity contribution in [1.29, 1.82) is 0 Å². The first kappa shape index (κ1) is 16.0. The molecule has 3 aromatic rings. The molecule has 0 N–H and O–H groups in total. The lowest BCUT2D eigenvalue weighted by molar-refractivity contribution is 0.0606. The van der Waals surface area contributed by atoms with E-state index in [9.17, 15) is 9.18 Å². The van der Waals surface area contributed by atoms with Crippen molar-refractivity contribution in [3.8, 4) is 17.6 Å². The van der Waals surface area contributed by atoms with Crippen molar-refractivity contribution in [1.82, 2.24) is 0 Å². The second-order valence-electron chi connectivity index (χ2n) is 4.92. The Morgan fingerprint density at radius 3 is 2.50 bits per heavy atom. The van der Waals surface area contributed by atoms with Crippen LogP contribution in [0.2, 0.25) is 0 Å². The summed E-state index contributed by atoms with van der Waals surface area (Å²) in [6.45, 7) is 0. The molecule has 0 aliphatic carbocycles. The molecule has 0 saturated heterocycles. The summed E-state index contributed by atoms with van der Waals surface area (Å²) in [6, 6.07) is 11.4. The number of hydrogen-bond donors (Lipinski definition) is 0. The van der Waals surface area contributed by atoms with Gasteiger partial charge in [0.2, 0.25) is 0 Å². The van der Waals surface area contributed by atoms with E-state index in [1.54, 1.807) is 19.2 Å². The van der Waals surface area contributed by atoms with Crippen LogP contribution in [0.1, 0.15) is 20.8 Å². The summed E-state index contributed by atoms with van der Waals surface area (Å²) in [4.78, 5) is 12.5. The quantitative estimate of drug-likeness (QED) is 0.517. The van der Waals surface area contributed by atoms with Crippen LogP contribution in [0.4, 0.5) is 4.39 Å². The average Bonchev–Trinajstić information content (AvgIpc) is 2.98. The third-order valence-electron chi connectivity index (χ3n) is 3.44. The monoisotopic (exact) mass is 340 g/mol. The molecule has 3 rings (SSSR count). The van der Waals surface area contributed by atoms with Gasteiger partial charge in [0.1, 0.15) is 16.4 Å². The predicted octanol–water partition coefficient (Wildman–Crippen LogP) is 4.24. The molecule has 24 heavy (non-hydrogen) atoms. The van der Waals surface area contributed by atoms with E-state index in [0.717, 1.165) is 10.1 Å². The molecule has 1 heterocycles. The number of thiophene rings is 1. The van der Waals surface area contributed by atoms with Gasteiger partial charge in [-0.2, -0.15) is 0 Å². The lowest BCUT2D eigenvalue weighted by atomic mass is 10.1. The smallest absolute Gasteiger partial charge is 0.349 e. The van der Waals surface area contributed by atoms with Gasteiger partial charge in [-0.25, -0.2) is 9.18 Å². The number of hydrogen-bond acceptors (Lipinski definition) is 4. The molecule has 0 unspecified atom stereocenters. The van der Waals surface area contributed by atoms with Gasteiger partial charge >= 0.3 is 5.97 Å². The number of carbonyl (C=O) groups excluding carboxylic acids is 1. The van der Waals surface area contributed by atoms with Crippen LogP contribution in [0, 0.1) is 17.7 Å². The number of halogens is 1. The lowest BCUT2D eigenvalue weighted by Crippen LogP contribution is -2.00. The topological polar surface area (TPSA) is 35.5 Å². The van der Waals surface area contributed by atoms with E-state index in [0.29, 0.717) is 21.8 Å². The van der Waals surface area contributed by atoms with Gasteiger partial charge < -0.3 is 9.47 Å². The summed E-state index contributed by atoms with van der Waals surface area (Å²) in [7, 11) is 2.93. The highest BCUT2D eigenvalue weighted by Gasteiger charge is 2.18. The molecule has 0 aliphatic rings. The lowest BCUT2D eigenvalue weighted by Gasteiger charge is -1.98. The Bertz CT molecular complexity index is 962. The van der Waals surface area contributed by atoms with Gasteiger partial charge in [-0.05, 0) is 42.5 Å². The second-order valence-corrected chi connectivity index (χ2v) is 5.97. The van der Waals surface area contributed by atoms with Crippen LogP contribution in [-0.2, 0) is 4.74 Å². The number of benzene rings is 2. The molecule has 0 atom stereocenters. The fourth-order valence-corrected chi connectivity index (χ4v) is 3.34. The normalized spacial score (nSPS) is 10.1. The third kappa shape index (κ3) is 3.10. The SMILES string of the molecule is COC(=O)c1sc2cc(OC)ccc2c1C#Cc1ccc(F)cc1. The van der Waals surface area contributed by atoms with Crippen LogP contribution in [-0.4, -0.2) is 20.2 Å². The van der Waals surface area contributed by atoms with E-state index in [1.165, 1.54) is 30.6 Å². The molecule has 120 valence electrons. The molecule has 2 aromatic carbocycles. The molecular weight excluding hydrogens is 327 g/mol. The average molecular weight is 340 g/mol. The molecule has 0 spiro atoms. The zero-order chi connectivity index (χ0) is 17.1. The van der Waals surface area contributed by atoms with Crippen molar-refractivity contribution in [3.05, 3.63) is 64.3 Å². The Labute approximate surface area is 142 Å². The first-order valence-corrected chi connectivity index (χ1v) is 7.90. The number of carbonyl (C=O) groups is 1. The molecule has 3 nitrogen and oxygen atoms in total. The highest BCUT2D eigenvalue weighted by Crippen LogP contribution is 2.34. The zero-order valence-corrected chi connectivity index (χ0v) is 13.9. The summed E-state index contributed by atoms with van der Waals surface area (Å²) in [5.74, 6) is 5.95. The number of ether oxygens (including phenoxy) is 2. The molecule has 5 heteroatoms. The van der Waals surface area contributed by atoms with Crippen molar-refractivity contribution in [2.45, 2.75) is 0 Å². The van der Waals surface area contributed by atoms with E-state index in [2.05, 4.69) is 11.8 Å². The number of rotatable bonds is 2. The molecular formula is C19H13FO3S. The Balaban J connectivity index is 2.14. The fraction of sp³-hybridized carbons (Fsp3) is 0.105. The molecule has 1 aromatic heterocycles. The van der Waals surface area contributed by atoms with Crippen LogP contribution in [0.15, 0.2) is 42.5 Å². The summed E-state index contributed by atoms with van der Waals surface area (Å²) < 4.78 is 23.9. The Morgan fingerprint density at radius 2 is 1.83 bits per heavy atom. The molecule has 0 radical (unpaired) electrons. The maximum atomic E-state index is 13.0. The van der Waals surface area contributed by atoms with Gasteiger partial charge in [-0.15, -0.1) is 11.3 Å². The maximum Gasteiger partial charge on any atom is 0.349 e. The number of esters is 1. The Kier molecular flexibility index (Phi) is 4.50. The van der Waals surface area contributed by atoms with Gasteiger partial charge in [0.05, 0.1) is 19.8 Å². The van der Waals surface area contributed by atoms with Crippen molar-refractivity contribution in [3.63, 3.8) is 0 Å². The minimum absolute atomic E-state index is 0.316. The molecule has 0 bridgehead atoms. The largest absolute Gasteiger partial charge is 0.497 e. The highest BCUT2D eigenvalue weighted by molar-refractivity contribution is 7.21. The summed E-state index contributed by atoms with van der Waals surface area (Å²) >= 11 is 1.31. The maximum absolute atomic E-state index is 13.0. The third-order valence-corrected chi connectivity index (χ3v) is 4.58. The first-order valence-electron chi connectivity index (χ1n) is 7.09. The van der Waals surface area contributed by atoms with Crippen LogP contribution in [0.25, 0.3) is 10.1 Å². The second kappa shape index (κ2) is 6.73. The van der Waals surface area contributed by atoms with E-state index in [-0.39, 0.29) is 5.82 Å². The number of fused-ring (bicyclic) bond motifs is 1. The summed E-state index contributed by atoms with van der Waals surface area (Å²) in [5, 5.41) is 0.857. The zero-order valence-electron chi connectivity index (χ0n) is 13.1. The summed E-state index contributed by atoms with van der Waals surface area (Å²) in [5.41, 5.74) is 1.27. The summed E-state index contributed by atoms with van der Waals surface area (Å²) in [6.07, 6.45) is 0. The van der Waals surface area contributed by atoms with Crippen molar-refractivity contribution in [2.75, 3.05) is 14.2 Å². The van der Waals surface area contributed by atoms with Crippen molar-refractivity contribution >= 4 is 27.4 Å². The first-order chi connectivity index (χ1) is 11.6. The van der Waals surface area contributed by atoms with E-state index < -0.39 is 5.97 Å². The van der Waals surface area contributed by atoms with Gasteiger partial charge in [0, 0.05) is 15.6 Å². The Morgan fingerprint density at radius 1 is 1.08 bits per heavy atom.